The molecule has 30 heavy (non-hydrogen) atoms. The lowest BCUT2D eigenvalue weighted by Gasteiger charge is -2.38. The van der Waals surface area contributed by atoms with Crippen molar-refractivity contribution in [3.05, 3.63) is 41.0 Å². The number of anilines is 1. The third kappa shape index (κ3) is 6.09. The summed E-state index contributed by atoms with van der Waals surface area (Å²) in [6, 6.07) is 6.56. The second-order valence-corrected chi connectivity index (χ2v) is 7.97. The molecule has 0 aliphatic carbocycles. The van der Waals surface area contributed by atoms with Crippen molar-refractivity contribution in [3.63, 3.8) is 0 Å². The average molecular weight is 526 g/mol. The van der Waals surface area contributed by atoms with E-state index in [0.717, 1.165) is 57.3 Å². The van der Waals surface area contributed by atoms with Gasteiger partial charge in [-0.25, -0.2) is 0 Å². The third-order valence-corrected chi connectivity index (χ3v) is 5.56. The molecule has 0 atom stereocenters. The first-order chi connectivity index (χ1) is 14.0. The van der Waals surface area contributed by atoms with Gasteiger partial charge in [0.1, 0.15) is 0 Å². The molecule has 2 aromatic rings. The predicted molar refractivity (Wildman–Crippen MR) is 133 cm³/mol. The van der Waals surface area contributed by atoms with Crippen molar-refractivity contribution in [3.8, 4) is 0 Å². The quantitative estimate of drug-likeness (QED) is 0.268. The van der Waals surface area contributed by atoms with Crippen LogP contribution in [0.15, 0.2) is 27.7 Å². The number of aliphatic imine (C=N–C) groups is 1. The Morgan fingerprint density at radius 2 is 1.93 bits per heavy atom. The number of nitrogens with one attached hydrogen (secondary N) is 1. The minimum atomic E-state index is 0. The lowest BCUT2D eigenvalue weighted by molar-refractivity contribution is 0.363. The number of guanidine groups is 1. The van der Waals surface area contributed by atoms with Gasteiger partial charge in [-0.05, 0) is 37.5 Å². The van der Waals surface area contributed by atoms with Crippen LogP contribution < -0.4 is 10.2 Å². The number of piperazine rings is 1. The van der Waals surface area contributed by atoms with Crippen LogP contribution in [0.25, 0.3) is 0 Å². The Balaban J connectivity index is 0.00000320. The lowest BCUT2D eigenvalue weighted by Crippen LogP contribution is -2.52. The van der Waals surface area contributed by atoms with E-state index in [0.29, 0.717) is 11.8 Å². The topological polar surface area (TPSA) is 69.8 Å². The van der Waals surface area contributed by atoms with E-state index in [4.69, 9.17) is 4.52 Å². The molecule has 0 amide bonds. The minimum absolute atomic E-state index is 0. The Bertz CT molecular complexity index is 827. The summed E-state index contributed by atoms with van der Waals surface area (Å²) in [6.45, 7) is 13.3. The predicted octanol–water partition coefficient (Wildman–Crippen LogP) is 3.76. The zero-order valence-corrected chi connectivity index (χ0v) is 21.1. The van der Waals surface area contributed by atoms with Crippen LogP contribution in [0.5, 0.6) is 0 Å². The van der Waals surface area contributed by atoms with E-state index in [-0.39, 0.29) is 24.0 Å². The number of halogens is 1. The molecule has 1 saturated heterocycles. The molecule has 1 aliphatic heterocycles. The third-order valence-electron chi connectivity index (χ3n) is 5.56. The largest absolute Gasteiger partial charge is 0.368 e. The first-order valence-corrected chi connectivity index (χ1v) is 10.6. The van der Waals surface area contributed by atoms with Crippen molar-refractivity contribution in [2.24, 2.45) is 4.99 Å². The van der Waals surface area contributed by atoms with Crippen LogP contribution >= 0.6 is 24.0 Å². The van der Waals surface area contributed by atoms with Gasteiger partial charge in [-0.1, -0.05) is 31.1 Å². The van der Waals surface area contributed by atoms with Crippen molar-refractivity contribution in [1.82, 2.24) is 20.4 Å². The fourth-order valence-corrected chi connectivity index (χ4v) is 3.61. The van der Waals surface area contributed by atoms with Crippen LogP contribution in [-0.4, -0.2) is 60.8 Å². The van der Waals surface area contributed by atoms with Gasteiger partial charge in [0.15, 0.2) is 11.8 Å². The fourth-order valence-electron chi connectivity index (χ4n) is 3.61. The molecule has 8 heteroatoms. The summed E-state index contributed by atoms with van der Waals surface area (Å²) in [5.41, 5.74) is 4.09. The smallest absolute Gasteiger partial charge is 0.226 e. The molecule has 1 fully saturated rings. The van der Waals surface area contributed by atoms with E-state index >= 15 is 0 Å². The van der Waals surface area contributed by atoms with E-state index in [1.807, 2.05) is 7.05 Å². The highest BCUT2D eigenvalue weighted by molar-refractivity contribution is 14.0. The number of aromatic nitrogens is 2. The van der Waals surface area contributed by atoms with Crippen molar-refractivity contribution < 1.29 is 4.52 Å². The molecule has 0 bridgehead atoms. The molecule has 1 aromatic heterocycles. The van der Waals surface area contributed by atoms with Crippen LogP contribution in [0.2, 0.25) is 0 Å². The Kier molecular flexibility index (Phi) is 9.38. The molecule has 3 rings (SSSR count). The number of rotatable bonds is 6. The second-order valence-electron chi connectivity index (χ2n) is 7.97. The molecule has 1 aromatic carbocycles. The van der Waals surface area contributed by atoms with Gasteiger partial charge in [0, 0.05) is 57.8 Å². The van der Waals surface area contributed by atoms with Gasteiger partial charge in [-0.3, -0.25) is 4.99 Å². The molecule has 0 saturated carbocycles. The maximum Gasteiger partial charge on any atom is 0.226 e. The SMILES string of the molecule is CN=C(NCCCc1nc(C(C)C)no1)N1CCN(c2cccc(C)c2C)CC1.I. The molecule has 166 valence electrons. The molecule has 1 N–H and O–H groups in total. The number of hydrogen-bond acceptors (Lipinski definition) is 5. The van der Waals surface area contributed by atoms with Gasteiger partial charge < -0.3 is 19.6 Å². The van der Waals surface area contributed by atoms with Gasteiger partial charge in [-0.2, -0.15) is 4.98 Å². The zero-order valence-electron chi connectivity index (χ0n) is 18.8. The van der Waals surface area contributed by atoms with Crippen LogP contribution in [0.1, 0.15) is 49.0 Å². The highest BCUT2D eigenvalue weighted by Crippen LogP contribution is 2.23. The Hall–Kier alpha value is -1.84. The molecule has 7 nitrogen and oxygen atoms in total. The molecule has 2 heterocycles. The Labute approximate surface area is 197 Å². The van der Waals surface area contributed by atoms with Gasteiger partial charge in [0.25, 0.3) is 0 Å². The van der Waals surface area contributed by atoms with E-state index in [1.165, 1.54) is 16.8 Å². The molecule has 0 unspecified atom stereocenters. The lowest BCUT2D eigenvalue weighted by atomic mass is 10.1. The fraction of sp³-hybridized carbons (Fsp3) is 0.591. The zero-order chi connectivity index (χ0) is 20.8. The van der Waals surface area contributed by atoms with Crippen LogP contribution in [0.4, 0.5) is 5.69 Å². The van der Waals surface area contributed by atoms with Gasteiger partial charge >= 0.3 is 0 Å². The van der Waals surface area contributed by atoms with Crippen LogP contribution in [-0.2, 0) is 6.42 Å². The average Bonchev–Trinajstić information content (AvgIpc) is 3.20. The summed E-state index contributed by atoms with van der Waals surface area (Å²) in [5, 5.41) is 7.50. The normalized spacial score (nSPS) is 14.8. The number of benzene rings is 1. The standard InChI is InChI=1S/C22H34N6O.HI/c1-16(2)21-25-20(29-26-21)10-7-11-24-22(23-5)28-14-12-27(13-15-28)19-9-6-8-17(3)18(19)4;/h6,8-9,16H,7,10-15H2,1-5H3,(H,23,24);1H. The summed E-state index contributed by atoms with van der Waals surface area (Å²) < 4.78 is 5.31. The summed E-state index contributed by atoms with van der Waals surface area (Å²) in [5.74, 6) is 2.77. The summed E-state index contributed by atoms with van der Waals surface area (Å²) in [7, 11) is 1.85. The monoisotopic (exact) mass is 526 g/mol. The van der Waals surface area contributed by atoms with Crippen molar-refractivity contribution in [2.45, 2.75) is 46.5 Å². The van der Waals surface area contributed by atoms with E-state index < -0.39 is 0 Å². The highest BCUT2D eigenvalue weighted by Gasteiger charge is 2.21. The second kappa shape index (κ2) is 11.5. The van der Waals surface area contributed by atoms with Gasteiger partial charge in [0.2, 0.25) is 5.89 Å². The number of hydrogen-bond donors (Lipinski definition) is 1. The van der Waals surface area contributed by atoms with Crippen LogP contribution in [0.3, 0.4) is 0 Å². The van der Waals surface area contributed by atoms with Crippen molar-refractivity contribution >= 4 is 35.6 Å². The summed E-state index contributed by atoms with van der Waals surface area (Å²) in [4.78, 5) is 13.7. The van der Waals surface area contributed by atoms with Gasteiger partial charge in [-0.15, -0.1) is 24.0 Å². The van der Waals surface area contributed by atoms with E-state index in [2.05, 4.69) is 76.1 Å². The molecule has 0 radical (unpaired) electrons. The van der Waals surface area contributed by atoms with E-state index in [1.54, 1.807) is 0 Å². The summed E-state index contributed by atoms with van der Waals surface area (Å²) in [6.07, 6.45) is 1.71. The minimum Gasteiger partial charge on any atom is -0.368 e. The maximum absolute atomic E-state index is 5.31. The maximum atomic E-state index is 5.31. The summed E-state index contributed by atoms with van der Waals surface area (Å²) >= 11 is 0. The Morgan fingerprint density at radius 1 is 1.20 bits per heavy atom. The van der Waals surface area contributed by atoms with E-state index in [9.17, 15) is 0 Å². The van der Waals surface area contributed by atoms with Crippen LogP contribution in [0, 0.1) is 13.8 Å². The van der Waals surface area contributed by atoms with Gasteiger partial charge in [0.05, 0.1) is 0 Å². The highest BCUT2D eigenvalue weighted by atomic mass is 127. The number of aryl methyl sites for hydroxylation is 2. The van der Waals surface area contributed by atoms with Crippen molar-refractivity contribution in [1.29, 1.82) is 0 Å². The molecular weight excluding hydrogens is 491 g/mol. The first kappa shape index (κ1) is 24.4. The molecule has 1 aliphatic rings. The Morgan fingerprint density at radius 3 is 2.57 bits per heavy atom. The first-order valence-electron chi connectivity index (χ1n) is 10.6. The molecule has 0 spiro atoms. The molecular formula is C22H35IN6O. The number of nitrogens with zero attached hydrogens (tertiary/aromatic N) is 5. The van der Waals surface area contributed by atoms with Crippen molar-refractivity contribution in [2.75, 3.05) is 44.7 Å².